The van der Waals surface area contributed by atoms with Crippen molar-refractivity contribution in [3.63, 3.8) is 0 Å². The Morgan fingerprint density at radius 2 is 2.42 bits per heavy atom. The molecule has 1 atom stereocenters. The minimum atomic E-state index is -0.176. The number of H-pyrrole nitrogens is 1. The van der Waals surface area contributed by atoms with Gasteiger partial charge < -0.3 is 9.72 Å². The summed E-state index contributed by atoms with van der Waals surface area (Å²) in [4.78, 5) is 18.9. The Balaban J connectivity index is 2.07. The van der Waals surface area contributed by atoms with E-state index in [1.807, 2.05) is 25.1 Å². The lowest BCUT2D eigenvalue weighted by molar-refractivity contribution is -0.123. The van der Waals surface area contributed by atoms with Crippen LogP contribution in [0.1, 0.15) is 6.92 Å². The third kappa shape index (κ3) is 3.18. The van der Waals surface area contributed by atoms with Crippen molar-refractivity contribution in [1.82, 2.24) is 15.4 Å². The third-order valence-electron chi connectivity index (χ3n) is 2.73. The van der Waals surface area contributed by atoms with E-state index in [1.165, 1.54) is 11.8 Å². The maximum atomic E-state index is 11.3. The topological polar surface area (TPSA) is 93.0 Å². The molecular formula is C12H16N4O2S. The number of nitrogens with two attached hydrogens (primary N) is 1. The molecule has 0 aliphatic heterocycles. The second kappa shape index (κ2) is 5.94. The molecule has 19 heavy (non-hydrogen) atoms. The largest absolute Gasteiger partial charge is 0.497 e. The zero-order valence-electron chi connectivity index (χ0n) is 10.8. The van der Waals surface area contributed by atoms with Crippen LogP contribution in [0.5, 0.6) is 5.75 Å². The van der Waals surface area contributed by atoms with Crippen molar-refractivity contribution in [3.8, 4) is 5.75 Å². The van der Waals surface area contributed by atoms with Gasteiger partial charge in [-0.05, 0) is 12.1 Å². The average Bonchev–Trinajstić information content (AvgIpc) is 2.85. The number of nitrogens with zero attached hydrogens (tertiary/aromatic N) is 1. The number of aromatic nitrogens is 2. The number of imidazole rings is 1. The molecule has 7 heteroatoms. The Kier molecular flexibility index (Phi) is 4.28. The van der Waals surface area contributed by atoms with Gasteiger partial charge in [0.1, 0.15) is 5.75 Å². The smallest absolute Gasteiger partial charge is 0.237 e. The fraction of sp³-hybridized carbons (Fsp3) is 0.333. The van der Waals surface area contributed by atoms with E-state index in [1.54, 1.807) is 7.11 Å². The van der Waals surface area contributed by atoms with E-state index in [4.69, 9.17) is 10.6 Å². The number of aromatic amines is 1. The number of nitrogens with one attached hydrogen (secondary N) is 2. The highest BCUT2D eigenvalue weighted by atomic mass is 32.2. The molecule has 1 unspecified atom stereocenters. The molecule has 0 spiro atoms. The quantitative estimate of drug-likeness (QED) is 0.332. The van der Waals surface area contributed by atoms with Gasteiger partial charge in [0, 0.05) is 17.7 Å². The molecule has 1 aromatic heterocycles. The van der Waals surface area contributed by atoms with Crippen molar-refractivity contribution in [2.24, 2.45) is 11.8 Å². The number of rotatable bonds is 5. The number of carbonyl (C=O) groups is 1. The summed E-state index contributed by atoms with van der Waals surface area (Å²) in [7, 11) is 1.63. The summed E-state index contributed by atoms with van der Waals surface area (Å²) >= 11 is 1.49. The van der Waals surface area contributed by atoms with E-state index in [2.05, 4.69) is 15.4 Å². The van der Waals surface area contributed by atoms with Crippen LogP contribution in [-0.4, -0.2) is 28.7 Å². The number of ether oxygens (including phenoxy) is 1. The maximum Gasteiger partial charge on any atom is 0.237 e. The Bertz CT molecular complexity index is 584. The third-order valence-corrected chi connectivity index (χ3v) is 3.86. The van der Waals surface area contributed by atoms with Gasteiger partial charge in [-0.25, -0.2) is 10.8 Å². The van der Waals surface area contributed by atoms with Gasteiger partial charge in [-0.2, -0.15) is 0 Å². The molecule has 2 rings (SSSR count). The molecule has 1 aromatic carbocycles. The second-order valence-corrected chi connectivity index (χ2v) is 5.15. The standard InChI is InChI=1S/C12H16N4O2S/c1-7(11(17)16-13)6-19-12-14-9-4-3-8(18-2)5-10(9)15-12/h3-5,7H,6,13H2,1-2H3,(H,14,15)(H,16,17). The van der Waals surface area contributed by atoms with Gasteiger partial charge in [0.25, 0.3) is 0 Å². The number of carbonyl (C=O) groups excluding carboxylic acids is 1. The summed E-state index contributed by atoms with van der Waals surface area (Å²) in [5, 5.41) is 0.778. The van der Waals surface area contributed by atoms with Crippen molar-refractivity contribution in [2.45, 2.75) is 12.1 Å². The van der Waals surface area contributed by atoms with Crippen molar-refractivity contribution < 1.29 is 9.53 Å². The van der Waals surface area contributed by atoms with E-state index in [-0.39, 0.29) is 11.8 Å². The number of benzene rings is 1. The van der Waals surface area contributed by atoms with Crippen LogP contribution in [0.25, 0.3) is 11.0 Å². The highest BCUT2D eigenvalue weighted by molar-refractivity contribution is 7.99. The lowest BCUT2D eigenvalue weighted by Crippen LogP contribution is -2.35. The van der Waals surface area contributed by atoms with Gasteiger partial charge in [0.15, 0.2) is 5.16 Å². The highest BCUT2D eigenvalue weighted by Crippen LogP contribution is 2.24. The number of methoxy groups -OCH3 is 1. The number of amides is 1. The van der Waals surface area contributed by atoms with Gasteiger partial charge in [-0.15, -0.1) is 0 Å². The molecule has 102 valence electrons. The monoisotopic (exact) mass is 280 g/mol. The number of hydrazine groups is 1. The predicted octanol–water partition coefficient (Wildman–Crippen LogP) is 1.29. The van der Waals surface area contributed by atoms with Crippen LogP contribution in [0.4, 0.5) is 0 Å². The van der Waals surface area contributed by atoms with Gasteiger partial charge in [-0.1, -0.05) is 18.7 Å². The Labute approximate surface area is 115 Å². The molecule has 0 aliphatic carbocycles. The summed E-state index contributed by atoms with van der Waals surface area (Å²) in [6.45, 7) is 1.82. The minimum Gasteiger partial charge on any atom is -0.497 e. The van der Waals surface area contributed by atoms with Crippen LogP contribution >= 0.6 is 11.8 Å². The average molecular weight is 280 g/mol. The van der Waals surface area contributed by atoms with E-state index in [0.717, 1.165) is 21.9 Å². The first-order valence-corrected chi connectivity index (χ1v) is 6.79. The second-order valence-electron chi connectivity index (χ2n) is 4.15. The summed E-state index contributed by atoms with van der Waals surface area (Å²) in [5.74, 6) is 6.14. The zero-order valence-corrected chi connectivity index (χ0v) is 11.6. The first kappa shape index (κ1) is 13.7. The summed E-state index contributed by atoms with van der Waals surface area (Å²) < 4.78 is 5.15. The molecule has 0 radical (unpaired) electrons. The van der Waals surface area contributed by atoms with E-state index < -0.39 is 0 Å². The van der Waals surface area contributed by atoms with Crippen LogP contribution in [0.3, 0.4) is 0 Å². The van der Waals surface area contributed by atoms with Crippen LogP contribution in [0, 0.1) is 5.92 Å². The normalized spacial score (nSPS) is 12.4. The fourth-order valence-corrected chi connectivity index (χ4v) is 2.49. The molecular weight excluding hydrogens is 264 g/mol. The number of hydrogen-bond donors (Lipinski definition) is 3. The van der Waals surface area contributed by atoms with Crippen molar-refractivity contribution in [3.05, 3.63) is 18.2 Å². The predicted molar refractivity (Wildman–Crippen MR) is 74.9 cm³/mol. The number of hydrogen-bond acceptors (Lipinski definition) is 5. The lowest BCUT2D eigenvalue weighted by Gasteiger charge is -2.06. The van der Waals surface area contributed by atoms with Crippen molar-refractivity contribution in [2.75, 3.05) is 12.9 Å². The maximum absolute atomic E-state index is 11.3. The summed E-state index contributed by atoms with van der Waals surface area (Å²) in [6, 6.07) is 5.65. The fourth-order valence-electron chi connectivity index (χ4n) is 1.58. The highest BCUT2D eigenvalue weighted by Gasteiger charge is 2.13. The Morgan fingerprint density at radius 3 is 3.11 bits per heavy atom. The minimum absolute atomic E-state index is 0.169. The van der Waals surface area contributed by atoms with Gasteiger partial charge in [-0.3, -0.25) is 10.2 Å². The van der Waals surface area contributed by atoms with E-state index in [9.17, 15) is 4.79 Å². The van der Waals surface area contributed by atoms with Crippen LogP contribution in [0.15, 0.2) is 23.4 Å². The summed E-state index contributed by atoms with van der Waals surface area (Å²) in [5.41, 5.74) is 3.93. The number of thioether (sulfide) groups is 1. The van der Waals surface area contributed by atoms with Crippen LogP contribution in [0.2, 0.25) is 0 Å². The van der Waals surface area contributed by atoms with Crippen LogP contribution < -0.4 is 16.0 Å². The van der Waals surface area contributed by atoms with Crippen molar-refractivity contribution in [1.29, 1.82) is 0 Å². The molecule has 0 saturated heterocycles. The molecule has 0 bridgehead atoms. The SMILES string of the molecule is COc1ccc2nc(SCC(C)C(=O)NN)[nH]c2c1. The Hall–Kier alpha value is -1.73. The Morgan fingerprint density at radius 1 is 1.63 bits per heavy atom. The van der Waals surface area contributed by atoms with Crippen LogP contribution in [-0.2, 0) is 4.79 Å². The molecule has 4 N–H and O–H groups in total. The van der Waals surface area contributed by atoms with Gasteiger partial charge in [0.05, 0.1) is 18.1 Å². The molecule has 1 amide bonds. The molecule has 0 fully saturated rings. The first-order chi connectivity index (χ1) is 9.13. The van der Waals surface area contributed by atoms with Gasteiger partial charge in [0.2, 0.25) is 5.91 Å². The van der Waals surface area contributed by atoms with E-state index >= 15 is 0 Å². The van der Waals surface area contributed by atoms with Gasteiger partial charge >= 0.3 is 0 Å². The molecule has 2 aromatic rings. The number of fused-ring (bicyclic) bond motifs is 1. The molecule has 1 heterocycles. The zero-order chi connectivity index (χ0) is 13.8. The van der Waals surface area contributed by atoms with E-state index in [0.29, 0.717) is 5.75 Å². The molecule has 0 saturated carbocycles. The lowest BCUT2D eigenvalue weighted by atomic mass is 10.2. The summed E-state index contributed by atoms with van der Waals surface area (Å²) in [6.07, 6.45) is 0. The molecule has 6 nitrogen and oxygen atoms in total. The molecule has 0 aliphatic rings. The van der Waals surface area contributed by atoms with Crippen molar-refractivity contribution >= 4 is 28.7 Å². The first-order valence-electron chi connectivity index (χ1n) is 5.81.